The van der Waals surface area contributed by atoms with Crippen molar-refractivity contribution in [1.29, 1.82) is 0 Å². The van der Waals surface area contributed by atoms with Crippen molar-refractivity contribution >= 4 is 5.69 Å². The van der Waals surface area contributed by atoms with Crippen LogP contribution in [0.15, 0.2) is 42.5 Å². The molecule has 0 aliphatic carbocycles. The molecule has 0 aliphatic rings. The van der Waals surface area contributed by atoms with Crippen LogP contribution in [-0.4, -0.2) is 20.1 Å². The molecule has 24 heavy (non-hydrogen) atoms. The predicted octanol–water partition coefficient (Wildman–Crippen LogP) is 3.58. The molecule has 1 N–H and O–H groups in total. The summed E-state index contributed by atoms with van der Waals surface area (Å²) in [6, 6.07) is 12.0. The van der Waals surface area contributed by atoms with Gasteiger partial charge in [-0.3, -0.25) is 15.2 Å². The number of hydrogen-bond donors (Lipinski definition) is 1. The molecule has 122 valence electrons. The summed E-state index contributed by atoms with van der Waals surface area (Å²) < 4.78 is 5.70. The number of hydrogen-bond acceptors (Lipinski definition) is 5. The first-order chi connectivity index (χ1) is 11.5. The maximum Gasteiger partial charge on any atom is 0.269 e. The third-order valence-corrected chi connectivity index (χ3v) is 3.72. The van der Waals surface area contributed by atoms with Crippen molar-refractivity contribution in [2.45, 2.75) is 20.5 Å². The predicted molar refractivity (Wildman–Crippen MR) is 88.7 cm³/mol. The molecular formula is C17H16N4O3. The Morgan fingerprint density at radius 3 is 2.54 bits per heavy atom. The number of nitro benzene ring substituents is 1. The fraction of sp³-hybridized carbons (Fsp3) is 0.176. The SMILES string of the molecule is Cc1ccc(OCc2nc(-c3ccc([N+](=O)[O-])cc3)n[nH]2)cc1C. The normalized spacial score (nSPS) is 10.6. The highest BCUT2D eigenvalue weighted by molar-refractivity contribution is 5.56. The van der Waals surface area contributed by atoms with Gasteiger partial charge in [-0.15, -0.1) is 0 Å². The molecule has 7 nitrogen and oxygen atoms in total. The monoisotopic (exact) mass is 324 g/mol. The van der Waals surface area contributed by atoms with Gasteiger partial charge in [-0.2, -0.15) is 5.10 Å². The first kappa shape index (κ1) is 15.7. The summed E-state index contributed by atoms with van der Waals surface area (Å²) in [6.07, 6.45) is 0. The van der Waals surface area contributed by atoms with Crippen LogP contribution in [0.25, 0.3) is 11.4 Å². The van der Waals surface area contributed by atoms with Gasteiger partial charge in [0.15, 0.2) is 11.6 Å². The van der Waals surface area contributed by atoms with Crippen molar-refractivity contribution in [1.82, 2.24) is 15.2 Å². The zero-order chi connectivity index (χ0) is 17.1. The number of ether oxygens (including phenoxy) is 1. The molecule has 0 unspecified atom stereocenters. The zero-order valence-electron chi connectivity index (χ0n) is 13.3. The number of aryl methyl sites for hydroxylation is 2. The second-order valence-electron chi connectivity index (χ2n) is 5.44. The highest BCUT2D eigenvalue weighted by Gasteiger charge is 2.09. The van der Waals surface area contributed by atoms with Gasteiger partial charge in [-0.25, -0.2) is 4.98 Å². The molecule has 7 heteroatoms. The van der Waals surface area contributed by atoms with Crippen LogP contribution in [0.5, 0.6) is 5.75 Å². The first-order valence-corrected chi connectivity index (χ1v) is 7.39. The summed E-state index contributed by atoms with van der Waals surface area (Å²) in [6.45, 7) is 4.35. The number of nitrogens with one attached hydrogen (secondary N) is 1. The molecule has 0 saturated heterocycles. The van der Waals surface area contributed by atoms with Crippen molar-refractivity contribution in [2.24, 2.45) is 0 Å². The number of nitro groups is 1. The van der Waals surface area contributed by atoms with E-state index in [-0.39, 0.29) is 12.3 Å². The molecule has 0 bridgehead atoms. The average Bonchev–Trinajstić information content (AvgIpc) is 3.05. The minimum atomic E-state index is -0.440. The summed E-state index contributed by atoms with van der Waals surface area (Å²) in [4.78, 5) is 14.6. The molecule has 0 fully saturated rings. The molecule has 0 aliphatic heterocycles. The molecule has 1 heterocycles. The van der Waals surface area contributed by atoms with Crippen LogP contribution in [0.2, 0.25) is 0 Å². The molecule has 0 atom stereocenters. The van der Waals surface area contributed by atoms with Gasteiger partial charge in [0.25, 0.3) is 5.69 Å². The van der Waals surface area contributed by atoms with Gasteiger partial charge in [-0.05, 0) is 49.2 Å². The molecule has 1 aromatic heterocycles. The van der Waals surface area contributed by atoms with Crippen LogP contribution < -0.4 is 4.74 Å². The van der Waals surface area contributed by atoms with Gasteiger partial charge >= 0.3 is 0 Å². The second-order valence-corrected chi connectivity index (χ2v) is 5.44. The smallest absolute Gasteiger partial charge is 0.269 e. The van der Waals surface area contributed by atoms with Crippen molar-refractivity contribution in [3.05, 3.63) is 69.5 Å². The van der Waals surface area contributed by atoms with E-state index in [0.29, 0.717) is 17.2 Å². The topological polar surface area (TPSA) is 93.9 Å². The van der Waals surface area contributed by atoms with E-state index in [9.17, 15) is 10.1 Å². The summed E-state index contributed by atoms with van der Waals surface area (Å²) in [7, 11) is 0. The number of aromatic amines is 1. The van der Waals surface area contributed by atoms with Gasteiger partial charge in [-0.1, -0.05) is 6.07 Å². The summed E-state index contributed by atoms with van der Waals surface area (Å²) in [5.74, 6) is 1.83. The minimum Gasteiger partial charge on any atom is -0.486 e. The van der Waals surface area contributed by atoms with E-state index in [2.05, 4.69) is 15.2 Å². The minimum absolute atomic E-state index is 0.0348. The number of benzene rings is 2. The standard InChI is InChI=1S/C17H16N4O3/c1-11-3-8-15(9-12(11)2)24-10-16-18-17(20-19-16)13-4-6-14(7-5-13)21(22)23/h3-9H,10H2,1-2H3,(H,18,19,20). The van der Waals surface area contributed by atoms with Crippen LogP contribution in [0.3, 0.4) is 0 Å². The third-order valence-electron chi connectivity index (χ3n) is 3.72. The maximum absolute atomic E-state index is 10.7. The maximum atomic E-state index is 10.7. The molecule has 0 amide bonds. The Kier molecular flexibility index (Phi) is 4.24. The Hall–Kier alpha value is -3.22. The number of aromatic nitrogens is 3. The fourth-order valence-electron chi connectivity index (χ4n) is 2.18. The van der Waals surface area contributed by atoms with E-state index >= 15 is 0 Å². The number of nitrogens with zero attached hydrogens (tertiary/aromatic N) is 3. The largest absolute Gasteiger partial charge is 0.486 e. The molecule has 0 spiro atoms. The lowest BCUT2D eigenvalue weighted by Crippen LogP contribution is -1.98. The molecule has 2 aromatic carbocycles. The van der Waals surface area contributed by atoms with Gasteiger partial charge in [0.1, 0.15) is 12.4 Å². The highest BCUT2D eigenvalue weighted by Crippen LogP contribution is 2.20. The Labute approximate surface area is 138 Å². The van der Waals surface area contributed by atoms with E-state index in [0.717, 1.165) is 11.3 Å². The Morgan fingerprint density at radius 1 is 1.12 bits per heavy atom. The summed E-state index contributed by atoms with van der Waals surface area (Å²) in [5.41, 5.74) is 3.11. The van der Waals surface area contributed by atoms with E-state index in [1.807, 2.05) is 32.0 Å². The zero-order valence-corrected chi connectivity index (χ0v) is 13.3. The first-order valence-electron chi connectivity index (χ1n) is 7.39. The lowest BCUT2D eigenvalue weighted by Gasteiger charge is -2.06. The van der Waals surface area contributed by atoms with Crippen molar-refractivity contribution < 1.29 is 9.66 Å². The van der Waals surface area contributed by atoms with Crippen molar-refractivity contribution in [3.63, 3.8) is 0 Å². The fourth-order valence-corrected chi connectivity index (χ4v) is 2.18. The molecular weight excluding hydrogens is 308 g/mol. The Balaban J connectivity index is 1.68. The molecule has 0 saturated carbocycles. The van der Waals surface area contributed by atoms with E-state index in [1.165, 1.54) is 17.7 Å². The van der Waals surface area contributed by atoms with Crippen LogP contribution in [-0.2, 0) is 6.61 Å². The van der Waals surface area contributed by atoms with E-state index in [1.54, 1.807) is 12.1 Å². The number of rotatable bonds is 5. The molecule has 3 rings (SSSR count). The number of non-ortho nitro benzene ring substituents is 1. The summed E-state index contributed by atoms with van der Waals surface area (Å²) >= 11 is 0. The molecule has 3 aromatic rings. The van der Waals surface area contributed by atoms with Crippen molar-refractivity contribution in [2.75, 3.05) is 0 Å². The van der Waals surface area contributed by atoms with Crippen LogP contribution >= 0.6 is 0 Å². The average molecular weight is 324 g/mol. The quantitative estimate of drug-likeness (QED) is 0.572. The van der Waals surface area contributed by atoms with Gasteiger partial charge in [0.05, 0.1) is 4.92 Å². The van der Waals surface area contributed by atoms with Crippen LogP contribution in [0.1, 0.15) is 17.0 Å². The third kappa shape index (κ3) is 3.40. The van der Waals surface area contributed by atoms with Gasteiger partial charge in [0.2, 0.25) is 0 Å². The second kappa shape index (κ2) is 6.49. The highest BCUT2D eigenvalue weighted by atomic mass is 16.6. The Morgan fingerprint density at radius 2 is 1.88 bits per heavy atom. The van der Waals surface area contributed by atoms with Crippen LogP contribution in [0.4, 0.5) is 5.69 Å². The van der Waals surface area contributed by atoms with Gasteiger partial charge < -0.3 is 4.74 Å². The lowest BCUT2D eigenvalue weighted by molar-refractivity contribution is -0.384. The van der Waals surface area contributed by atoms with E-state index < -0.39 is 4.92 Å². The molecule has 0 radical (unpaired) electrons. The van der Waals surface area contributed by atoms with Crippen molar-refractivity contribution in [3.8, 4) is 17.1 Å². The number of H-pyrrole nitrogens is 1. The van der Waals surface area contributed by atoms with Gasteiger partial charge in [0, 0.05) is 17.7 Å². The lowest BCUT2D eigenvalue weighted by atomic mass is 10.1. The summed E-state index contributed by atoms with van der Waals surface area (Å²) in [5, 5.41) is 17.6. The van der Waals surface area contributed by atoms with Crippen LogP contribution in [0, 0.1) is 24.0 Å². The van der Waals surface area contributed by atoms with E-state index in [4.69, 9.17) is 4.74 Å². The Bertz CT molecular complexity index is 872.